The normalized spacial score (nSPS) is 37.3. The molecular formula is C10H22N4. The van der Waals surface area contributed by atoms with Gasteiger partial charge >= 0.3 is 0 Å². The van der Waals surface area contributed by atoms with Crippen LogP contribution in [0.4, 0.5) is 0 Å². The van der Waals surface area contributed by atoms with Gasteiger partial charge in [0.15, 0.2) is 0 Å². The summed E-state index contributed by atoms with van der Waals surface area (Å²) in [6.45, 7) is 11.4. The molecule has 0 aromatic carbocycles. The molecule has 4 heteroatoms. The van der Waals surface area contributed by atoms with E-state index in [1.165, 1.54) is 13.1 Å². The van der Waals surface area contributed by atoms with Crippen LogP contribution in [0.25, 0.3) is 0 Å². The Kier molecular flexibility index (Phi) is 3.38. The molecule has 0 saturated carbocycles. The maximum Gasteiger partial charge on any atom is 0.0285 e. The van der Waals surface area contributed by atoms with Crippen molar-refractivity contribution in [1.82, 2.24) is 20.7 Å². The first-order valence-electron chi connectivity index (χ1n) is 5.72. The van der Waals surface area contributed by atoms with Crippen molar-refractivity contribution in [1.29, 1.82) is 0 Å². The van der Waals surface area contributed by atoms with Gasteiger partial charge in [0.05, 0.1) is 0 Å². The number of hydrogen-bond donors (Lipinski definition) is 2. The van der Waals surface area contributed by atoms with Gasteiger partial charge in [-0.3, -0.25) is 0 Å². The van der Waals surface area contributed by atoms with E-state index in [1.807, 2.05) is 0 Å². The van der Waals surface area contributed by atoms with Gasteiger partial charge in [0.25, 0.3) is 0 Å². The maximum atomic E-state index is 3.56. The molecule has 2 heterocycles. The van der Waals surface area contributed by atoms with Crippen LogP contribution in [-0.4, -0.2) is 61.4 Å². The Balaban J connectivity index is 1.88. The van der Waals surface area contributed by atoms with E-state index >= 15 is 0 Å². The SMILES string of the molecule is CC1CN(N2CCNCC2)CC(C)N1. The fourth-order valence-electron chi connectivity index (χ4n) is 2.46. The third kappa shape index (κ3) is 2.45. The van der Waals surface area contributed by atoms with Crippen molar-refractivity contribution in [2.24, 2.45) is 0 Å². The van der Waals surface area contributed by atoms with Crippen LogP contribution in [0, 0.1) is 0 Å². The van der Waals surface area contributed by atoms with Gasteiger partial charge in [0.2, 0.25) is 0 Å². The summed E-state index contributed by atoms with van der Waals surface area (Å²) in [5, 5.41) is 12.0. The van der Waals surface area contributed by atoms with E-state index in [9.17, 15) is 0 Å². The molecular weight excluding hydrogens is 176 g/mol. The average molecular weight is 198 g/mol. The largest absolute Gasteiger partial charge is 0.314 e. The second-order valence-corrected chi connectivity index (χ2v) is 4.54. The van der Waals surface area contributed by atoms with Crippen molar-refractivity contribution >= 4 is 0 Å². The zero-order valence-corrected chi connectivity index (χ0v) is 9.29. The second kappa shape index (κ2) is 4.57. The maximum absolute atomic E-state index is 3.56. The number of hydrazine groups is 1. The highest BCUT2D eigenvalue weighted by Gasteiger charge is 2.25. The molecule has 0 spiro atoms. The Bertz CT molecular complexity index is 169. The molecule has 2 N–H and O–H groups in total. The lowest BCUT2D eigenvalue weighted by Crippen LogP contribution is -2.62. The zero-order chi connectivity index (χ0) is 9.97. The first-order valence-corrected chi connectivity index (χ1v) is 5.72. The molecule has 2 fully saturated rings. The number of rotatable bonds is 1. The molecule has 0 aromatic heterocycles. The van der Waals surface area contributed by atoms with E-state index < -0.39 is 0 Å². The van der Waals surface area contributed by atoms with E-state index in [0.29, 0.717) is 12.1 Å². The standard InChI is InChI=1S/C10H22N4/c1-9-7-14(8-10(2)12-9)13-5-3-11-4-6-13/h9-12H,3-8H2,1-2H3. The summed E-state index contributed by atoms with van der Waals surface area (Å²) in [5.74, 6) is 0. The smallest absolute Gasteiger partial charge is 0.0285 e. The van der Waals surface area contributed by atoms with Crippen LogP contribution < -0.4 is 10.6 Å². The molecule has 2 unspecified atom stereocenters. The lowest BCUT2D eigenvalue weighted by molar-refractivity contribution is -0.0607. The van der Waals surface area contributed by atoms with Crippen LogP contribution in [0.15, 0.2) is 0 Å². The minimum atomic E-state index is 0.619. The number of nitrogens with zero attached hydrogens (tertiary/aromatic N) is 2. The van der Waals surface area contributed by atoms with Crippen molar-refractivity contribution in [3.8, 4) is 0 Å². The van der Waals surface area contributed by atoms with Gasteiger partial charge in [0, 0.05) is 51.4 Å². The van der Waals surface area contributed by atoms with Crippen LogP contribution in [0.5, 0.6) is 0 Å². The summed E-state index contributed by atoms with van der Waals surface area (Å²) in [5.41, 5.74) is 0. The lowest BCUT2D eigenvalue weighted by atomic mass is 10.2. The van der Waals surface area contributed by atoms with Crippen LogP contribution in [0.1, 0.15) is 13.8 Å². The topological polar surface area (TPSA) is 30.5 Å². The van der Waals surface area contributed by atoms with Crippen molar-refractivity contribution in [2.75, 3.05) is 39.3 Å². The monoisotopic (exact) mass is 198 g/mol. The summed E-state index contributed by atoms with van der Waals surface area (Å²) in [7, 11) is 0. The number of nitrogens with one attached hydrogen (secondary N) is 2. The molecule has 82 valence electrons. The Morgan fingerprint density at radius 3 is 2.07 bits per heavy atom. The number of piperazine rings is 2. The van der Waals surface area contributed by atoms with Crippen LogP contribution in [0.2, 0.25) is 0 Å². The molecule has 2 saturated heterocycles. The molecule has 2 atom stereocenters. The predicted octanol–water partition coefficient (Wildman–Crippen LogP) is -0.511. The third-order valence-corrected chi connectivity index (χ3v) is 3.03. The van der Waals surface area contributed by atoms with Gasteiger partial charge in [-0.25, -0.2) is 10.0 Å². The van der Waals surface area contributed by atoms with E-state index in [4.69, 9.17) is 0 Å². The summed E-state index contributed by atoms with van der Waals surface area (Å²) in [4.78, 5) is 0. The minimum Gasteiger partial charge on any atom is -0.314 e. The van der Waals surface area contributed by atoms with Crippen LogP contribution in [-0.2, 0) is 0 Å². The molecule has 2 aliphatic rings. The van der Waals surface area contributed by atoms with Crippen molar-refractivity contribution < 1.29 is 0 Å². The summed E-state index contributed by atoms with van der Waals surface area (Å²) in [6.07, 6.45) is 0. The van der Waals surface area contributed by atoms with Gasteiger partial charge in [0.1, 0.15) is 0 Å². The van der Waals surface area contributed by atoms with Crippen molar-refractivity contribution in [3.63, 3.8) is 0 Å². The summed E-state index contributed by atoms with van der Waals surface area (Å²) in [6, 6.07) is 1.24. The molecule has 0 aromatic rings. The Labute approximate surface area is 86.6 Å². The average Bonchev–Trinajstić information content (AvgIpc) is 2.18. The van der Waals surface area contributed by atoms with Gasteiger partial charge in [-0.05, 0) is 13.8 Å². The van der Waals surface area contributed by atoms with Gasteiger partial charge < -0.3 is 10.6 Å². The fraction of sp³-hybridized carbons (Fsp3) is 1.00. The van der Waals surface area contributed by atoms with Crippen molar-refractivity contribution in [2.45, 2.75) is 25.9 Å². The number of hydrogen-bond acceptors (Lipinski definition) is 4. The highest BCUT2D eigenvalue weighted by Crippen LogP contribution is 2.08. The molecule has 0 bridgehead atoms. The Morgan fingerprint density at radius 1 is 0.929 bits per heavy atom. The molecule has 0 aliphatic carbocycles. The molecule has 14 heavy (non-hydrogen) atoms. The molecule has 2 rings (SSSR count). The second-order valence-electron chi connectivity index (χ2n) is 4.54. The fourth-order valence-corrected chi connectivity index (χ4v) is 2.46. The molecule has 2 aliphatic heterocycles. The molecule has 0 radical (unpaired) electrons. The van der Waals surface area contributed by atoms with Crippen molar-refractivity contribution in [3.05, 3.63) is 0 Å². The predicted molar refractivity (Wildman–Crippen MR) is 58.1 cm³/mol. The third-order valence-electron chi connectivity index (χ3n) is 3.03. The Morgan fingerprint density at radius 2 is 1.50 bits per heavy atom. The van der Waals surface area contributed by atoms with E-state index in [-0.39, 0.29) is 0 Å². The van der Waals surface area contributed by atoms with E-state index in [2.05, 4.69) is 34.5 Å². The highest BCUT2D eigenvalue weighted by molar-refractivity contribution is 4.81. The molecule has 0 amide bonds. The first-order chi connectivity index (χ1) is 6.75. The van der Waals surface area contributed by atoms with Crippen LogP contribution in [0.3, 0.4) is 0 Å². The van der Waals surface area contributed by atoms with E-state index in [0.717, 1.165) is 26.2 Å². The Hall–Kier alpha value is -0.160. The highest BCUT2D eigenvalue weighted by atomic mass is 15.6. The summed E-state index contributed by atoms with van der Waals surface area (Å²) < 4.78 is 0. The van der Waals surface area contributed by atoms with Gasteiger partial charge in [-0.1, -0.05) is 0 Å². The lowest BCUT2D eigenvalue weighted by Gasteiger charge is -2.44. The minimum absolute atomic E-state index is 0.619. The van der Waals surface area contributed by atoms with Gasteiger partial charge in [-0.2, -0.15) is 0 Å². The first kappa shape index (κ1) is 10.4. The van der Waals surface area contributed by atoms with Gasteiger partial charge in [-0.15, -0.1) is 0 Å². The zero-order valence-electron chi connectivity index (χ0n) is 9.29. The van der Waals surface area contributed by atoms with E-state index in [1.54, 1.807) is 0 Å². The quantitative estimate of drug-likeness (QED) is 0.594. The van der Waals surface area contributed by atoms with Crippen LogP contribution >= 0.6 is 0 Å². The summed E-state index contributed by atoms with van der Waals surface area (Å²) >= 11 is 0. The molecule has 4 nitrogen and oxygen atoms in total.